The summed E-state index contributed by atoms with van der Waals surface area (Å²) in [6.07, 6.45) is -4.12. The van der Waals surface area contributed by atoms with Gasteiger partial charge in [0.1, 0.15) is 11.5 Å². The molecule has 12 heteroatoms. The van der Waals surface area contributed by atoms with Crippen molar-refractivity contribution < 1.29 is 32.9 Å². The van der Waals surface area contributed by atoms with Crippen LogP contribution < -0.4 is 15.4 Å². The maximum atomic E-state index is 12.5. The van der Waals surface area contributed by atoms with Gasteiger partial charge in [-0.25, -0.2) is 0 Å². The molecule has 0 aliphatic heterocycles. The lowest BCUT2D eigenvalue weighted by atomic mass is 10.2. The van der Waals surface area contributed by atoms with E-state index < -0.39 is 18.8 Å². The van der Waals surface area contributed by atoms with Gasteiger partial charge in [-0.3, -0.25) is 4.79 Å². The first-order chi connectivity index (χ1) is 14.7. The number of nitrogens with zero attached hydrogens (tertiary/aromatic N) is 3. The average Bonchev–Trinajstić information content (AvgIpc) is 2.71. The van der Waals surface area contributed by atoms with Gasteiger partial charge < -0.3 is 25.6 Å². The number of ether oxygens (including phenoxy) is 1. The van der Waals surface area contributed by atoms with E-state index in [1.807, 2.05) is 0 Å². The van der Waals surface area contributed by atoms with Gasteiger partial charge in [-0.1, -0.05) is 12.1 Å². The first-order valence-corrected chi connectivity index (χ1v) is 8.74. The molecule has 1 aromatic heterocycles. The zero-order chi connectivity index (χ0) is 22.4. The molecule has 31 heavy (non-hydrogen) atoms. The summed E-state index contributed by atoms with van der Waals surface area (Å²) < 4.78 is 42.1. The Labute approximate surface area is 173 Å². The third-order valence-corrected chi connectivity index (χ3v) is 3.78. The lowest BCUT2D eigenvalue weighted by Gasteiger charge is -2.12. The molecule has 0 atom stereocenters. The number of hydrogen-bond acceptors (Lipinski definition) is 9. The molecule has 0 bridgehead atoms. The Bertz CT molecular complexity index is 1060. The van der Waals surface area contributed by atoms with Crippen LogP contribution in [0.4, 0.5) is 30.8 Å². The number of benzene rings is 2. The highest BCUT2D eigenvalue weighted by molar-refractivity contribution is 5.80. The van der Waals surface area contributed by atoms with Gasteiger partial charge in [-0.15, -0.1) is 0 Å². The molecule has 0 amide bonds. The summed E-state index contributed by atoms with van der Waals surface area (Å²) in [5.41, 5.74) is 1.09. The van der Waals surface area contributed by atoms with Crippen molar-refractivity contribution >= 4 is 23.9 Å². The minimum atomic E-state index is -4.59. The normalized spacial score (nSPS) is 11.1. The van der Waals surface area contributed by atoms with Crippen molar-refractivity contribution in [3.63, 3.8) is 0 Å². The molecule has 0 saturated carbocycles. The van der Waals surface area contributed by atoms with Crippen molar-refractivity contribution in [3.8, 4) is 17.5 Å². The average molecular weight is 435 g/mol. The van der Waals surface area contributed by atoms with Crippen molar-refractivity contribution in [2.45, 2.75) is 12.7 Å². The van der Waals surface area contributed by atoms with Crippen LogP contribution in [0.25, 0.3) is 0 Å². The van der Waals surface area contributed by atoms with Gasteiger partial charge >= 0.3 is 12.2 Å². The number of phenolic OH excluding ortho intramolecular Hbond substituents is 2. The molecule has 0 spiro atoms. The van der Waals surface area contributed by atoms with Crippen LogP contribution in [-0.4, -0.2) is 44.2 Å². The number of carbonyl (C=O) groups is 1. The number of rotatable bonds is 8. The van der Waals surface area contributed by atoms with Crippen LogP contribution in [0.1, 0.15) is 15.9 Å². The van der Waals surface area contributed by atoms with Crippen LogP contribution in [0, 0.1) is 0 Å². The molecule has 0 aliphatic rings. The predicted molar refractivity (Wildman–Crippen MR) is 104 cm³/mol. The Hall–Kier alpha value is -4.09. The Morgan fingerprint density at radius 3 is 2.35 bits per heavy atom. The van der Waals surface area contributed by atoms with Gasteiger partial charge in [0.2, 0.25) is 11.9 Å². The number of nitrogens with one attached hydrogen (secondary N) is 2. The largest absolute Gasteiger partial charge is 0.508 e. The molecule has 0 aliphatic carbocycles. The third-order valence-electron chi connectivity index (χ3n) is 3.78. The second-order valence-electron chi connectivity index (χ2n) is 6.21. The SMILES string of the molecule is O=Cc1ccc(Nc2nc(NCc3ccc(O)cc3)nc(OCC(F)(F)F)n2)cc1O. The van der Waals surface area contributed by atoms with E-state index in [2.05, 4.69) is 30.3 Å². The van der Waals surface area contributed by atoms with Crippen molar-refractivity contribution in [2.75, 3.05) is 17.2 Å². The molecule has 1 heterocycles. The lowest BCUT2D eigenvalue weighted by molar-refractivity contribution is -0.154. The molecule has 0 radical (unpaired) electrons. The second-order valence-corrected chi connectivity index (χ2v) is 6.21. The summed E-state index contributed by atoms with van der Waals surface area (Å²) >= 11 is 0. The lowest BCUT2D eigenvalue weighted by Crippen LogP contribution is -2.21. The highest BCUT2D eigenvalue weighted by Crippen LogP contribution is 2.24. The van der Waals surface area contributed by atoms with E-state index in [-0.39, 0.29) is 41.2 Å². The second kappa shape index (κ2) is 9.15. The number of halogens is 3. The van der Waals surface area contributed by atoms with E-state index in [1.165, 1.54) is 30.3 Å². The van der Waals surface area contributed by atoms with Gasteiger partial charge in [0, 0.05) is 18.3 Å². The van der Waals surface area contributed by atoms with E-state index in [1.54, 1.807) is 12.1 Å². The van der Waals surface area contributed by atoms with E-state index >= 15 is 0 Å². The number of phenols is 2. The van der Waals surface area contributed by atoms with E-state index in [0.29, 0.717) is 6.29 Å². The summed E-state index contributed by atoms with van der Waals surface area (Å²) in [5, 5.41) is 24.6. The summed E-state index contributed by atoms with van der Waals surface area (Å²) in [5.74, 6) is -0.439. The zero-order valence-electron chi connectivity index (χ0n) is 15.7. The Balaban J connectivity index is 1.82. The number of alkyl halides is 3. The number of hydrogen-bond donors (Lipinski definition) is 4. The fourth-order valence-electron chi connectivity index (χ4n) is 2.35. The highest BCUT2D eigenvalue weighted by Gasteiger charge is 2.29. The van der Waals surface area contributed by atoms with Gasteiger partial charge in [-0.2, -0.15) is 28.1 Å². The maximum Gasteiger partial charge on any atom is 0.422 e. The minimum Gasteiger partial charge on any atom is -0.508 e. The van der Waals surface area contributed by atoms with Gasteiger partial charge in [0.25, 0.3) is 0 Å². The molecule has 3 rings (SSSR count). The third kappa shape index (κ3) is 6.45. The van der Waals surface area contributed by atoms with E-state index in [9.17, 15) is 28.2 Å². The molecule has 3 aromatic rings. The first-order valence-electron chi connectivity index (χ1n) is 8.74. The zero-order valence-corrected chi connectivity index (χ0v) is 15.7. The molecule has 162 valence electrons. The molecule has 2 aromatic carbocycles. The molecule has 0 fully saturated rings. The van der Waals surface area contributed by atoms with Crippen molar-refractivity contribution in [2.24, 2.45) is 0 Å². The molecule has 0 saturated heterocycles. The van der Waals surface area contributed by atoms with Crippen LogP contribution in [0.2, 0.25) is 0 Å². The Morgan fingerprint density at radius 1 is 1.00 bits per heavy atom. The van der Waals surface area contributed by atoms with Gasteiger partial charge in [0.15, 0.2) is 12.9 Å². The summed E-state index contributed by atoms with van der Waals surface area (Å²) in [4.78, 5) is 22.5. The first kappa shape index (κ1) is 21.6. The summed E-state index contributed by atoms with van der Waals surface area (Å²) in [7, 11) is 0. The monoisotopic (exact) mass is 435 g/mol. The van der Waals surface area contributed by atoms with Crippen LogP contribution in [0.5, 0.6) is 17.5 Å². The smallest absolute Gasteiger partial charge is 0.422 e. The van der Waals surface area contributed by atoms with Gasteiger partial charge in [-0.05, 0) is 29.8 Å². The number of aldehydes is 1. The van der Waals surface area contributed by atoms with Gasteiger partial charge in [0.05, 0.1) is 5.56 Å². The molecular formula is C19H16F3N5O4. The standard InChI is InChI=1S/C19H16F3N5O4/c20-19(21,22)10-31-18-26-16(23-8-11-1-5-14(29)6-2-11)25-17(27-18)24-13-4-3-12(9-28)15(30)7-13/h1-7,9,29-30H,8,10H2,(H2,23,24,25,26,27). The van der Waals surface area contributed by atoms with Crippen LogP contribution in [0.15, 0.2) is 42.5 Å². The summed E-state index contributed by atoms with van der Waals surface area (Å²) in [6.45, 7) is -1.39. The predicted octanol–water partition coefficient (Wildman–Crippen LogP) is 3.39. The minimum absolute atomic E-state index is 0.0617. The number of aromatic hydroxyl groups is 2. The van der Waals surface area contributed by atoms with Crippen molar-refractivity contribution in [3.05, 3.63) is 53.6 Å². The molecule has 9 nitrogen and oxygen atoms in total. The number of carbonyl (C=O) groups excluding carboxylic acids is 1. The molecule has 0 unspecified atom stereocenters. The fraction of sp³-hybridized carbons (Fsp3) is 0.158. The van der Waals surface area contributed by atoms with Crippen LogP contribution in [-0.2, 0) is 6.54 Å². The van der Waals surface area contributed by atoms with Crippen molar-refractivity contribution in [1.82, 2.24) is 15.0 Å². The van der Waals surface area contributed by atoms with E-state index in [4.69, 9.17) is 0 Å². The summed E-state index contributed by atoms with van der Waals surface area (Å²) in [6, 6.07) is 9.69. The number of aromatic nitrogens is 3. The fourth-order valence-corrected chi connectivity index (χ4v) is 2.35. The van der Waals surface area contributed by atoms with Crippen LogP contribution >= 0.6 is 0 Å². The Morgan fingerprint density at radius 2 is 1.71 bits per heavy atom. The Kier molecular flexibility index (Phi) is 6.38. The molecule has 4 N–H and O–H groups in total. The highest BCUT2D eigenvalue weighted by atomic mass is 19.4. The quantitative estimate of drug-likeness (QED) is 0.393. The van der Waals surface area contributed by atoms with Crippen molar-refractivity contribution in [1.29, 1.82) is 0 Å². The maximum absolute atomic E-state index is 12.5. The topological polar surface area (TPSA) is 129 Å². The van der Waals surface area contributed by atoms with E-state index in [0.717, 1.165) is 5.56 Å². The van der Waals surface area contributed by atoms with Crippen LogP contribution in [0.3, 0.4) is 0 Å². The molecular weight excluding hydrogens is 419 g/mol. The number of anilines is 3.